The van der Waals surface area contributed by atoms with Gasteiger partial charge in [-0.15, -0.1) is 0 Å². The zero-order valence-electron chi connectivity index (χ0n) is 14.4. The fourth-order valence-corrected chi connectivity index (χ4v) is 3.20. The zero-order chi connectivity index (χ0) is 17.0. The third-order valence-electron chi connectivity index (χ3n) is 4.63. The normalized spacial score (nSPS) is 31.8. The summed E-state index contributed by atoms with van der Waals surface area (Å²) in [5, 5.41) is 0. The van der Waals surface area contributed by atoms with Crippen molar-refractivity contribution in [3.05, 3.63) is 35.9 Å². The van der Waals surface area contributed by atoms with Crippen molar-refractivity contribution in [2.45, 2.75) is 45.4 Å². The molecule has 1 aromatic rings. The second-order valence-corrected chi connectivity index (χ2v) is 6.19. The molecule has 0 N–H and O–H groups in total. The zero-order valence-corrected chi connectivity index (χ0v) is 14.4. The van der Waals surface area contributed by atoms with Gasteiger partial charge < -0.3 is 18.9 Å². The molecule has 5 heteroatoms. The Labute approximate surface area is 137 Å². The van der Waals surface area contributed by atoms with E-state index in [0.29, 0.717) is 6.61 Å². The van der Waals surface area contributed by atoms with Crippen molar-refractivity contribution >= 4 is 5.97 Å². The largest absolute Gasteiger partial charge is 0.469 e. The monoisotopic (exact) mass is 322 g/mol. The first-order valence-corrected chi connectivity index (χ1v) is 7.89. The van der Waals surface area contributed by atoms with Gasteiger partial charge in [0, 0.05) is 13.0 Å². The highest BCUT2D eigenvalue weighted by Crippen LogP contribution is 2.41. The van der Waals surface area contributed by atoms with Gasteiger partial charge in [-0.1, -0.05) is 37.3 Å². The Morgan fingerprint density at radius 1 is 1.30 bits per heavy atom. The molecule has 1 aromatic carbocycles. The summed E-state index contributed by atoms with van der Waals surface area (Å²) < 4.78 is 22.6. The lowest BCUT2D eigenvalue weighted by Gasteiger charge is -2.30. The molecule has 1 saturated heterocycles. The van der Waals surface area contributed by atoms with Gasteiger partial charge in [0.1, 0.15) is 6.10 Å². The summed E-state index contributed by atoms with van der Waals surface area (Å²) >= 11 is 0. The van der Waals surface area contributed by atoms with E-state index in [1.807, 2.05) is 51.1 Å². The van der Waals surface area contributed by atoms with Crippen LogP contribution in [0.15, 0.2) is 30.3 Å². The quantitative estimate of drug-likeness (QED) is 0.754. The van der Waals surface area contributed by atoms with E-state index in [1.165, 1.54) is 7.11 Å². The fraction of sp³-hybridized carbons (Fsp3) is 0.611. The lowest BCUT2D eigenvalue weighted by Crippen LogP contribution is -2.41. The Balaban J connectivity index is 2.11. The molecule has 0 saturated carbocycles. The minimum atomic E-state index is -0.888. The molecule has 0 radical (unpaired) electrons. The van der Waals surface area contributed by atoms with Gasteiger partial charge in [0.15, 0.2) is 5.79 Å². The summed E-state index contributed by atoms with van der Waals surface area (Å²) in [6, 6.07) is 9.95. The highest BCUT2D eigenvalue weighted by molar-refractivity contribution is 5.72. The van der Waals surface area contributed by atoms with Gasteiger partial charge in [-0.3, -0.25) is 4.79 Å². The van der Waals surface area contributed by atoms with Crippen LogP contribution in [0.25, 0.3) is 0 Å². The number of esters is 1. The second kappa shape index (κ2) is 7.43. The summed E-state index contributed by atoms with van der Waals surface area (Å²) in [5.74, 6) is -1.56. The first-order chi connectivity index (χ1) is 10.9. The summed E-state index contributed by atoms with van der Waals surface area (Å²) in [4.78, 5) is 11.8. The lowest BCUT2D eigenvalue weighted by atomic mass is 9.90. The van der Waals surface area contributed by atoms with Crippen molar-refractivity contribution in [3.63, 3.8) is 0 Å². The maximum Gasteiger partial charge on any atom is 0.311 e. The van der Waals surface area contributed by atoms with E-state index in [0.717, 1.165) is 5.56 Å². The van der Waals surface area contributed by atoms with Gasteiger partial charge in [-0.05, 0) is 19.4 Å². The second-order valence-electron chi connectivity index (χ2n) is 6.19. The number of ether oxygens (including phenoxy) is 4. The molecule has 0 amide bonds. The molecule has 1 heterocycles. The third kappa shape index (κ3) is 3.74. The Morgan fingerprint density at radius 3 is 2.52 bits per heavy atom. The molecule has 1 aliphatic rings. The third-order valence-corrected chi connectivity index (χ3v) is 4.63. The maximum atomic E-state index is 11.8. The number of carbonyl (C=O) groups excluding carboxylic acids is 1. The number of hydrogen-bond acceptors (Lipinski definition) is 5. The summed E-state index contributed by atoms with van der Waals surface area (Å²) in [6.07, 6.45) is -0.585. The Kier molecular flexibility index (Phi) is 5.79. The van der Waals surface area contributed by atoms with E-state index in [9.17, 15) is 4.79 Å². The van der Waals surface area contributed by atoms with Crippen LogP contribution in [0.3, 0.4) is 0 Å². The number of carbonyl (C=O) groups is 1. The van der Waals surface area contributed by atoms with Crippen LogP contribution in [0.2, 0.25) is 0 Å². The van der Waals surface area contributed by atoms with E-state index in [4.69, 9.17) is 18.9 Å². The highest BCUT2D eigenvalue weighted by Gasteiger charge is 2.54. The van der Waals surface area contributed by atoms with Crippen molar-refractivity contribution in [2.24, 2.45) is 11.8 Å². The van der Waals surface area contributed by atoms with Crippen LogP contribution in [0, 0.1) is 11.8 Å². The Hall–Kier alpha value is -1.43. The molecular weight excluding hydrogens is 296 g/mol. The highest BCUT2D eigenvalue weighted by atomic mass is 16.7. The van der Waals surface area contributed by atoms with Crippen molar-refractivity contribution in [1.29, 1.82) is 0 Å². The summed E-state index contributed by atoms with van der Waals surface area (Å²) in [6.45, 7) is 6.15. The number of methoxy groups -OCH3 is 2. The summed E-state index contributed by atoms with van der Waals surface area (Å²) in [5.41, 5.74) is 1.09. The van der Waals surface area contributed by atoms with Crippen LogP contribution in [0.5, 0.6) is 0 Å². The molecule has 0 spiro atoms. The predicted molar refractivity (Wildman–Crippen MR) is 85.7 cm³/mol. The van der Waals surface area contributed by atoms with Gasteiger partial charge in [0.25, 0.3) is 0 Å². The SMILES string of the molecule is COC(=O)[C@H](C)[C@@H]1O[C@@](C)(OC)[C@@H](OCc2ccccc2)[C@@H]1C. The molecule has 0 bridgehead atoms. The van der Waals surface area contributed by atoms with Crippen molar-refractivity contribution in [1.82, 2.24) is 0 Å². The van der Waals surface area contributed by atoms with E-state index < -0.39 is 5.79 Å². The summed E-state index contributed by atoms with van der Waals surface area (Å²) in [7, 11) is 2.98. The molecule has 128 valence electrons. The van der Waals surface area contributed by atoms with Gasteiger partial charge in [0.05, 0.1) is 25.7 Å². The van der Waals surface area contributed by atoms with E-state index in [1.54, 1.807) is 7.11 Å². The standard InChI is InChI=1S/C18H26O5/c1-12-15(13(2)17(19)20-4)23-18(3,21-5)16(12)22-11-14-9-7-6-8-10-14/h6-10,12-13,15-16H,11H2,1-5H3/t12-,13-,15-,16+,18-/m1/s1. The first kappa shape index (κ1) is 17.9. The average molecular weight is 322 g/mol. The number of benzene rings is 1. The molecule has 0 aromatic heterocycles. The van der Waals surface area contributed by atoms with Crippen LogP contribution < -0.4 is 0 Å². The Bertz CT molecular complexity index is 517. The molecule has 23 heavy (non-hydrogen) atoms. The fourth-order valence-electron chi connectivity index (χ4n) is 3.20. The molecule has 2 rings (SSSR count). The molecule has 1 aliphatic heterocycles. The van der Waals surface area contributed by atoms with Crippen LogP contribution in [-0.4, -0.2) is 38.2 Å². The van der Waals surface area contributed by atoms with Crippen molar-refractivity contribution in [2.75, 3.05) is 14.2 Å². The minimum Gasteiger partial charge on any atom is -0.469 e. The smallest absolute Gasteiger partial charge is 0.311 e. The van der Waals surface area contributed by atoms with Crippen LogP contribution in [-0.2, 0) is 30.3 Å². The average Bonchev–Trinajstić information content (AvgIpc) is 2.84. The number of rotatable bonds is 6. The van der Waals surface area contributed by atoms with Gasteiger partial charge in [-0.25, -0.2) is 0 Å². The van der Waals surface area contributed by atoms with Crippen molar-refractivity contribution in [3.8, 4) is 0 Å². The van der Waals surface area contributed by atoms with Gasteiger partial charge >= 0.3 is 5.97 Å². The van der Waals surface area contributed by atoms with E-state index in [-0.39, 0.29) is 30.0 Å². The molecule has 1 fully saturated rings. The maximum absolute atomic E-state index is 11.8. The predicted octanol–water partition coefficient (Wildman–Crippen LogP) is 2.78. The molecular formula is C18H26O5. The van der Waals surface area contributed by atoms with E-state index >= 15 is 0 Å². The molecule has 0 aliphatic carbocycles. The van der Waals surface area contributed by atoms with Crippen LogP contribution in [0.1, 0.15) is 26.3 Å². The van der Waals surface area contributed by atoms with Crippen LogP contribution in [0.4, 0.5) is 0 Å². The first-order valence-electron chi connectivity index (χ1n) is 7.89. The molecule has 5 atom stereocenters. The van der Waals surface area contributed by atoms with Crippen LogP contribution >= 0.6 is 0 Å². The molecule has 5 nitrogen and oxygen atoms in total. The van der Waals surface area contributed by atoms with E-state index in [2.05, 4.69) is 0 Å². The topological polar surface area (TPSA) is 54.0 Å². The number of hydrogen-bond donors (Lipinski definition) is 0. The van der Waals surface area contributed by atoms with Gasteiger partial charge in [-0.2, -0.15) is 0 Å². The van der Waals surface area contributed by atoms with Gasteiger partial charge in [0.2, 0.25) is 0 Å². The minimum absolute atomic E-state index is 0.00207. The molecule has 0 unspecified atom stereocenters. The lowest BCUT2D eigenvalue weighted by molar-refractivity contribution is -0.247. The Morgan fingerprint density at radius 2 is 1.96 bits per heavy atom. The van der Waals surface area contributed by atoms with Crippen molar-refractivity contribution < 1.29 is 23.7 Å².